The van der Waals surface area contributed by atoms with Gasteiger partial charge in [-0.2, -0.15) is 18.3 Å². The highest BCUT2D eigenvalue weighted by Crippen LogP contribution is 2.38. The predicted molar refractivity (Wildman–Crippen MR) is 119 cm³/mol. The molecule has 0 unspecified atom stereocenters. The molecule has 6 nitrogen and oxygen atoms in total. The molecule has 0 spiro atoms. The molecule has 0 aliphatic carbocycles. The minimum absolute atomic E-state index is 0.275. The molecule has 1 aliphatic rings. The summed E-state index contributed by atoms with van der Waals surface area (Å²) >= 11 is 5.78. The molecule has 3 aromatic rings. The maximum atomic E-state index is 13.3. The number of hydrogen-bond donors (Lipinski definition) is 2. The standard InChI is InChI=1S/C23H23ClF3N5O/c1-13-9-15(20-6-8-30-32(20)2)11-29-21(13)22(33)31-19-12-28-7-5-16(19)14-3-4-18(24)17(10-14)23(25,26)27/h3-4,6,8-11,16,19,28H,5,7,12H2,1-2H3,(H,31,33)/t16-,19+/m0/s1. The van der Waals surface area contributed by atoms with Crippen LogP contribution >= 0.6 is 11.6 Å². The van der Waals surface area contributed by atoms with Crippen LogP contribution in [0.3, 0.4) is 0 Å². The number of aryl methyl sites for hydroxylation is 2. The number of rotatable bonds is 4. The van der Waals surface area contributed by atoms with Crippen molar-refractivity contribution in [1.29, 1.82) is 0 Å². The number of halogens is 4. The first-order valence-electron chi connectivity index (χ1n) is 10.5. The number of nitrogens with one attached hydrogen (secondary N) is 2. The number of pyridine rings is 1. The number of alkyl halides is 3. The largest absolute Gasteiger partial charge is 0.417 e. The Labute approximate surface area is 194 Å². The van der Waals surface area contributed by atoms with Crippen LogP contribution in [0, 0.1) is 6.92 Å². The zero-order chi connectivity index (χ0) is 23.8. The summed E-state index contributed by atoms with van der Waals surface area (Å²) in [5.74, 6) is -0.657. The first kappa shape index (κ1) is 23.3. The van der Waals surface area contributed by atoms with Gasteiger partial charge in [-0.25, -0.2) is 0 Å². The van der Waals surface area contributed by atoms with Gasteiger partial charge in [0.05, 0.1) is 16.3 Å². The lowest BCUT2D eigenvalue weighted by Crippen LogP contribution is -2.50. The first-order chi connectivity index (χ1) is 15.6. The molecule has 1 amide bonds. The van der Waals surface area contributed by atoms with E-state index in [9.17, 15) is 18.0 Å². The summed E-state index contributed by atoms with van der Waals surface area (Å²) in [6, 6.07) is 7.28. The number of nitrogens with zero attached hydrogens (tertiary/aromatic N) is 3. The summed E-state index contributed by atoms with van der Waals surface area (Å²) in [4.78, 5) is 17.4. The quantitative estimate of drug-likeness (QED) is 0.586. The van der Waals surface area contributed by atoms with E-state index >= 15 is 0 Å². The highest BCUT2D eigenvalue weighted by molar-refractivity contribution is 6.31. The Bertz CT molecular complexity index is 1180. The number of aromatic nitrogens is 3. The lowest BCUT2D eigenvalue weighted by Gasteiger charge is -2.33. The Balaban J connectivity index is 1.56. The molecule has 1 aromatic carbocycles. The molecule has 10 heteroatoms. The second-order valence-electron chi connectivity index (χ2n) is 8.15. The number of carbonyl (C=O) groups excluding carboxylic acids is 1. The fourth-order valence-corrected chi connectivity index (χ4v) is 4.47. The van der Waals surface area contributed by atoms with E-state index in [4.69, 9.17) is 11.6 Å². The Morgan fingerprint density at radius 3 is 2.73 bits per heavy atom. The van der Waals surface area contributed by atoms with Gasteiger partial charge < -0.3 is 10.6 Å². The van der Waals surface area contributed by atoms with Crippen LogP contribution in [-0.4, -0.2) is 39.8 Å². The Morgan fingerprint density at radius 1 is 1.27 bits per heavy atom. The van der Waals surface area contributed by atoms with E-state index in [0.717, 1.165) is 17.3 Å². The average molecular weight is 478 g/mol. The van der Waals surface area contributed by atoms with Crippen molar-refractivity contribution in [1.82, 2.24) is 25.4 Å². The molecule has 3 heterocycles. The topological polar surface area (TPSA) is 71.8 Å². The van der Waals surface area contributed by atoms with Gasteiger partial charge in [0.25, 0.3) is 5.91 Å². The van der Waals surface area contributed by atoms with Crippen molar-refractivity contribution in [3.05, 3.63) is 70.1 Å². The van der Waals surface area contributed by atoms with Crippen molar-refractivity contribution in [3.63, 3.8) is 0 Å². The molecule has 1 saturated heterocycles. The van der Waals surface area contributed by atoms with Crippen molar-refractivity contribution < 1.29 is 18.0 Å². The van der Waals surface area contributed by atoms with Gasteiger partial charge in [-0.05, 0) is 55.3 Å². The molecule has 1 aliphatic heterocycles. The van der Waals surface area contributed by atoms with Gasteiger partial charge in [0.1, 0.15) is 5.69 Å². The predicted octanol–water partition coefficient (Wildman–Crippen LogP) is 4.34. The van der Waals surface area contributed by atoms with E-state index in [1.807, 2.05) is 19.2 Å². The van der Waals surface area contributed by atoms with Gasteiger partial charge in [-0.1, -0.05) is 17.7 Å². The van der Waals surface area contributed by atoms with Crippen molar-refractivity contribution in [2.45, 2.75) is 31.5 Å². The number of benzene rings is 1. The Hall–Kier alpha value is -2.91. The molecule has 0 radical (unpaired) electrons. The van der Waals surface area contributed by atoms with E-state index in [1.54, 1.807) is 30.1 Å². The van der Waals surface area contributed by atoms with Gasteiger partial charge in [-0.15, -0.1) is 0 Å². The van der Waals surface area contributed by atoms with E-state index in [0.29, 0.717) is 30.6 Å². The first-order valence-corrected chi connectivity index (χ1v) is 10.9. The van der Waals surface area contributed by atoms with E-state index in [-0.39, 0.29) is 22.5 Å². The highest BCUT2D eigenvalue weighted by Gasteiger charge is 2.35. The van der Waals surface area contributed by atoms with E-state index in [1.165, 1.54) is 6.07 Å². The lowest BCUT2D eigenvalue weighted by atomic mass is 9.85. The minimum Gasteiger partial charge on any atom is -0.346 e. The fourth-order valence-electron chi connectivity index (χ4n) is 4.25. The third-order valence-corrected chi connectivity index (χ3v) is 6.26. The van der Waals surface area contributed by atoms with Gasteiger partial charge in [0.2, 0.25) is 0 Å². The smallest absolute Gasteiger partial charge is 0.346 e. The number of amides is 1. The summed E-state index contributed by atoms with van der Waals surface area (Å²) in [7, 11) is 1.82. The fraction of sp³-hybridized carbons (Fsp3) is 0.348. The zero-order valence-electron chi connectivity index (χ0n) is 18.1. The molecule has 1 fully saturated rings. The Kier molecular flexibility index (Phi) is 6.45. The molecule has 2 N–H and O–H groups in total. The highest BCUT2D eigenvalue weighted by atomic mass is 35.5. The van der Waals surface area contributed by atoms with Crippen LogP contribution in [0.15, 0.2) is 42.7 Å². The molecule has 2 atom stereocenters. The summed E-state index contributed by atoms with van der Waals surface area (Å²) in [6.45, 7) is 2.87. The third-order valence-electron chi connectivity index (χ3n) is 5.93. The van der Waals surface area contributed by atoms with Gasteiger partial charge in [-0.3, -0.25) is 14.5 Å². The summed E-state index contributed by atoms with van der Waals surface area (Å²) < 4.78 is 41.8. The molecule has 33 heavy (non-hydrogen) atoms. The number of hydrogen-bond acceptors (Lipinski definition) is 4. The van der Waals surface area contributed by atoms with Crippen LogP contribution in [0.2, 0.25) is 5.02 Å². The molecule has 0 saturated carbocycles. The van der Waals surface area contributed by atoms with Crippen molar-refractivity contribution in [2.75, 3.05) is 13.1 Å². The van der Waals surface area contributed by atoms with Gasteiger partial charge in [0.15, 0.2) is 0 Å². The van der Waals surface area contributed by atoms with Gasteiger partial charge >= 0.3 is 6.18 Å². The zero-order valence-corrected chi connectivity index (χ0v) is 18.8. The molecule has 2 aromatic heterocycles. The van der Waals surface area contributed by atoms with Crippen LogP contribution in [0.5, 0.6) is 0 Å². The molecule has 0 bridgehead atoms. The number of piperidine rings is 1. The van der Waals surface area contributed by atoms with E-state index < -0.39 is 17.8 Å². The summed E-state index contributed by atoms with van der Waals surface area (Å²) in [5.41, 5.74) is 2.30. The SMILES string of the molecule is Cc1cc(-c2ccnn2C)cnc1C(=O)N[C@@H]1CNCC[C@H]1c1ccc(Cl)c(C(F)(F)F)c1. The monoisotopic (exact) mass is 477 g/mol. The van der Waals surface area contributed by atoms with Crippen LogP contribution in [0.25, 0.3) is 11.3 Å². The molecule has 4 rings (SSSR count). The molecule has 174 valence electrons. The average Bonchev–Trinajstić information content (AvgIpc) is 3.19. The van der Waals surface area contributed by atoms with Crippen LogP contribution < -0.4 is 10.6 Å². The summed E-state index contributed by atoms with van der Waals surface area (Å²) in [6.07, 6.45) is -0.669. The third kappa shape index (κ3) is 4.89. The minimum atomic E-state index is -4.55. The van der Waals surface area contributed by atoms with E-state index in [2.05, 4.69) is 20.7 Å². The normalized spacial score (nSPS) is 18.8. The van der Waals surface area contributed by atoms with Crippen LogP contribution in [0.4, 0.5) is 13.2 Å². The second kappa shape index (κ2) is 9.15. The van der Waals surface area contributed by atoms with Crippen LogP contribution in [-0.2, 0) is 13.2 Å². The van der Waals surface area contributed by atoms with Crippen LogP contribution in [0.1, 0.15) is 39.5 Å². The lowest BCUT2D eigenvalue weighted by molar-refractivity contribution is -0.137. The second-order valence-corrected chi connectivity index (χ2v) is 8.55. The molecular formula is C23H23ClF3N5O. The maximum absolute atomic E-state index is 13.3. The van der Waals surface area contributed by atoms with Crippen molar-refractivity contribution in [2.24, 2.45) is 7.05 Å². The number of carbonyl (C=O) groups is 1. The van der Waals surface area contributed by atoms with Gasteiger partial charge in [0, 0.05) is 43.5 Å². The Morgan fingerprint density at radius 2 is 2.06 bits per heavy atom. The summed E-state index contributed by atoms with van der Waals surface area (Å²) in [5, 5.41) is 9.98. The van der Waals surface area contributed by atoms with Crippen molar-refractivity contribution >= 4 is 17.5 Å². The maximum Gasteiger partial charge on any atom is 0.417 e. The molecular weight excluding hydrogens is 455 g/mol. The van der Waals surface area contributed by atoms with Crippen molar-refractivity contribution in [3.8, 4) is 11.3 Å².